The van der Waals surface area contributed by atoms with Crippen molar-refractivity contribution in [1.29, 1.82) is 0 Å². The number of halogens is 1. The molecule has 0 aromatic carbocycles. The molecule has 0 unspecified atom stereocenters. The zero-order valence-corrected chi connectivity index (χ0v) is 23.9. The van der Waals surface area contributed by atoms with Gasteiger partial charge in [-0.05, 0) is 44.9 Å². The Morgan fingerprint density at radius 2 is 1.86 bits per heavy atom. The summed E-state index contributed by atoms with van der Waals surface area (Å²) in [7, 11) is 1.62. The first-order valence-corrected chi connectivity index (χ1v) is 12.7. The van der Waals surface area contributed by atoms with Gasteiger partial charge in [-0.25, -0.2) is 10.4 Å². The molecule has 0 fully saturated rings. The number of ether oxygens (including phenoxy) is 1. The van der Waals surface area contributed by atoms with E-state index in [1.165, 1.54) is 19.2 Å². The van der Waals surface area contributed by atoms with Gasteiger partial charge in [0.15, 0.2) is 0 Å². The van der Waals surface area contributed by atoms with Crippen LogP contribution in [-0.2, 0) is 9.53 Å². The maximum Gasteiger partial charge on any atom is 0.265 e. The standard InChI is InChI=1S/C21H30ClN5O2.C4H10.C2H6N2/c1-5-18(20-14-24-13-15(2)26-20)12-19(22)16(3)17(4)21(28)27-25-9-7-11-29-10-6-8-23;1-3-4-2;1-4-2-3/h5,12-14,25H,1,4,6-11,23H2,2-3H3,(H,27,28);3-4H2,1-2H3;2H,1H3,(H2,3,4)/b18-12+,19-16-;;. The van der Waals surface area contributed by atoms with Gasteiger partial charge in [0.05, 0.1) is 23.9 Å². The first-order chi connectivity index (χ1) is 17.7. The molecule has 0 radical (unpaired) electrons. The normalized spacial score (nSPS) is 11.5. The van der Waals surface area contributed by atoms with Crippen LogP contribution in [0.2, 0.25) is 0 Å². The monoisotopic (exact) mass is 535 g/mol. The summed E-state index contributed by atoms with van der Waals surface area (Å²) in [5, 5.41) is 0.372. The Kier molecular flexibility index (Phi) is 24.4. The average molecular weight is 536 g/mol. The number of nitrogens with one attached hydrogen (secondary N) is 2. The van der Waals surface area contributed by atoms with Crippen molar-refractivity contribution in [2.75, 3.05) is 33.4 Å². The van der Waals surface area contributed by atoms with E-state index >= 15 is 0 Å². The lowest BCUT2D eigenvalue weighted by atomic mass is 10.1. The van der Waals surface area contributed by atoms with Crippen LogP contribution in [0.5, 0.6) is 0 Å². The van der Waals surface area contributed by atoms with Crippen LogP contribution in [0, 0.1) is 6.92 Å². The molecule has 1 aromatic heterocycles. The molecule has 0 aliphatic heterocycles. The van der Waals surface area contributed by atoms with Crippen molar-refractivity contribution in [1.82, 2.24) is 20.8 Å². The number of carbonyl (C=O) groups is 1. The minimum Gasteiger partial charge on any atom is -0.390 e. The van der Waals surface area contributed by atoms with Gasteiger partial charge in [0.1, 0.15) is 0 Å². The molecule has 0 aliphatic rings. The van der Waals surface area contributed by atoms with E-state index in [9.17, 15) is 4.79 Å². The molecule has 0 spiro atoms. The second-order valence-electron chi connectivity index (χ2n) is 7.70. The highest BCUT2D eigenvalue weighted by Gasteiger charge is 2.12. The second kappa shape index (κ2) is 24.8. The van der Waals surface area contributed by atoms with Gasteiger partial charge in [-0.15, -0.1) is 0 Å². The summed E-state index contributed by atoms with van der Waals surface area (Å²) in [6, 6.07) is 0. The lowest BCUT2D eigenvalue weighted by molar-refractivity contribution is -0.118. The number of aliphatic imine (C=N–C) groups is 1. The topological polar surface area (TPSA) is 141 Å². The fourth-order valence-electron chi connectivity index (χ4n) is 2.17. The number of nitrogens with two attached hydrogens (primary N) is 2. The number of hydrazine groups is 1. The third-order valence-corrected chi connectivity index (χ3v) is 4.96. The molecule has 1 amide bonds. The van der Waals surface area contributed by atoms with Crippen LogP contribution in [0.25, 0.3) is 5.57 Å². The van der Waals surface area contributed by atoms with E-state index in [0.29, 0.717) is 48.2 Å². The van der Waals surface area contributed by atoms with Crippen molar-refractivity contribution in [3.63, 3.8) is 0 Å². The van der Waals surface area contributed by atoms with Gasteiger partial charge in [-0.1, -0.05) is 57.5 Å². The average Bonchev–Trinajstić information content (AvgIpc) is 2.92. The zero-order chi connectivity index (χ0) is 28.5. The molecule has 0 atom stereocenters. The van der Waals surface area contributed by atoms with Crippen LogP contribution in [0.1, 0.15) is 57.8 Å². The van der Waals surface area contributed by atoms with Crippen LogP contribution in [0.3, 0.4) is 0 Å². The molecule has 9 nitrogen and oxygen atoms in total. The summed E-state index contributed by atoms with van der Waals surface area (Å²) < 4.78 is 5.39. The molecule has 1 heterocycles. The zero-order valence-electron chi connectivity index (χ0n) is 23.1. The third-order valence-electron chi connectivity index (χ3n) is 4.57. The molecule has 6 N–H and O–H groups in total. The fraction of sp³-hybridized carbons (Fsp3) is 0.481. The minimum atomic E-state index is -0.353. The summed E-state index contributed by atoms with van der Waals surface area (Å²) in [6.45, 7) is 18.0. The Morgan fingerprint density at radius 3 is 2.38 bits per heavy atom. The van der Waals surface area contributed by atoms with E-state index in [0.717, 1.165) is 18.5 Å². The Hall–Kier alpha value is -2.85. The van der Waals surface area contributed by atoms with Crippen LogP contribution >= 0.6 is 11.6 Å². The first kappa shape index (κ1) is 36.3. The predicted molar refractivity (Wildman–Crippen MR) is 157 cm³/mol. The summed E-state index contributed by atoms with van der Waals surface area (Å²) in [4.78, 5) is 24.2. The van der Waals surface area contributed by atoms with Gasteiger partial charge >= 0.3 is 0 Å². The lowest BCUT2D eigenvalue weighted by Crippen LogP contribution is -2.39. The number of aryl methyl sites for hydroxylation is 1. The number of allylic oxidation sites excluding steroid dienone is 4. The van der Waals surface area contributed by atoms with E-state index in [-0.39, 0.29) is 11.5 Å². The van der Waals surface area contributed by atoms with Crippen LogP contribution in [-0.4, -0.2) is 55.6 Å². The Balaban J connectivity index is 0. The molecule has 0 aliphatic carbocycles. The molecule has 0 saturated heterocycles. The maximum atomic E-state index is 12.3. The molecule has 1 rings (SSSR count). The Morgan fingerprint density at radius 1 is 1.24 bits per heavy atom. The smallest absolute Gasteiger partial charge is 0.265 e. The SMILES string of the molecule is C=C/C(=C\C(Cl)=C(/C)C(=C)C(=O)NNCCCOCCCN)c1cncc(C)n1.CCCC.CN=CN. The predicted octanol–water partition coefficient (Wildman–Crippen LogP) is 4.21. The molecule has 0 bridgehead atoms. The Labute approximate surface area is 228 Å². The van der Waals surface area contributed by atoms with Gasteiger partial charge in [-0.3, -0.25) is 20.2 Å². The second-order valence-corrected chi connectivity index (χ2v) is 8.10. The summed E-state index contributed by atoms with van der Waals surface area (Å²) in [5.41, 5.74) is 18.5. The van der Waals surface area contributed by atoms with Crippen molar-refractivity contribution >= 4 is 29.4 Å². The van der Waals surface area contributed by atoms with E-state index < -0.39 is 0 Å². The number of amides is 1. The number of nitrogens with zero attached hydrogens (tertiary/aromatic N) is 3. The van der Waals surface area contributed by atoms with Crippen LogP contribution in [0.4, 0.5) is 0 Å². The van der Waals surface area contributed by atoms with Crippen molar-refractivity contribution in [3.05, 3.63) is 65.3 Å². The molecule has 10 heteroatoms. The minimum absolute atomic E-state index is 0.261. The highest BCUT2D eigenvalue weighted by molar-refractivity contribution is 6.32. The highest BCUT2D eigenvalue weighted by Crippen LogP contribution is 2.23. The molecular weight excluding hydrogens is 490 g/mol. The summed E-state index contributed by atoms with van der Waals surface area (Å²) >= 11 is 6.40. The van der Waals surface area contributed by atoms with Gasteiger partial charge < -0.3 is 16.2 Å². The fourth-order valence-corrected chi connectivity index (χ4v) is 2.40. The van der Waals surface area contributed by atoms with Crippen LogP contribution in [0.15, 0.2) is 58.9 Å². The molecule has 0 saturated carbocycles. The van der Waals surface area contributed by atoms with E-state index in [4.69, 9.17) is 27.8 Å². The largest absolute Gasteiger partial charge is 0.390 e. The quantitative estimate of drug-likeness (QED) is 0.0698. The lowest BCUT2D eigenvalue weighted by Gasteiger charge is -2.11. The number of hydrogen-bond acceptors (Lipinski definition) is 7. The van der Waals surface area contributed by atoms with Crippen molar-refractivity contribution in [2.24, 2.45) is 16.5 Å². The number of rotatable bonds is 14. The number of carbonyl (C=O) groups excluding carboxylic acids is 1. The first-order valence-electron chi connectivity index (χ1n) is 12.4. The van der Waals surface area contributed by atoms with Crippen molar-refractivity contribution < 1.29 is 9.53 Å². The number of aromatic nitrogens is 2. The maximum absolute atomic E-state index is 12.3. The van der Waals surface area contributed by atoms with Gasteiger partial charge in [0.2, 0.25) is 0 Å². The summed E-state index contributed by atoms with van der Waals surface area (Å²) in [6.07, 6.45) is 12.1. The Bertz CT molecular complexity index is 877. The van der Waals surface area contributed by atoms with Crippen molar-refractivity contribution in [2.45, 2.75) is 53.4 Å². The van der Waals surface area contributed by atoms with Crippen molar-refractivity contribution in [3.8, 4) is 0 Å². The van der Waals surface area contributed by atoms with E-state index in [1.54, 1.807) is 38.5 Å². The third kappa shape index (κ3) is 19.0. The molecule has 37 heavy (non-hydrogen) atoms. The van der Waals surface area contributed by atoms with Gasteiger partial charge in [-0.2, -0.15) is 0 Å². The van der Waals surface area contributed by atoms with Crippen LogP contribution < -0.4 is 22.3 Å². The highest BCUT2D eigenvalue weighted by atomic mass is 35.5. The van der Waals surface area contributed by atoms with E-state index in [2.05, 4.69) is 52.8 Å². The number of hydrogen-bond donors (Lipinski definition) is 4. The molecule has 208 valence electrons. The summed E-state index contributed by atoms with van der Waals surface area (Å²) in [5.74, 6) is -0.353. The number of unbranched alkanes of at least 4 members (excludes halogenated alkanes) is 1. The van der Waals surface area contributed by atoms with Gasteiger partial charge in [0, 0.05) is 49.2 Å². The van der Waals surface area contributed by atoms with Gasteiger partial charge in [0.25, 0.3) is 5.91 Å². The van der Waals surface area contributed by atoms with E-state index in [1.807, 2.05) is 6.92 Å². The molecule has 1 aromatic rings. The molecular formula is C27H46ClN7O2.